The van der Waals surface area contributed by atoms with Gasteiger partial charge in [0.2, 0.25) is 11.8 Å². The molecule has 25 heavy (non-hydrogen) atoms. The molecule has 0 aliphatic rings. The highest BCUT2D eigenvalue weighted by Gasteiger charge is 2.23. The summed E-state index contributed by atoms with van der Waals surface area (Å²) in [5.74, 6) is -1.07. The second-order valence-electron chi connectivity index (χ2n) is 6.00. The Kier molecular flexibility index (Phi) is 6.25. The molecule has 2 aromatic carbocycles. The summed E-state index contributed by atoms with van der Waals surface area (Å²) in [5.41, 5.74) is 0.0131. The fraction of sp³-hybridized carbons (Fsp3) is 0.263. The van der Waals surface area contributed by atoms with Crippen LogP contribution in [0.4, 0.5) is 4.39 Å². The van der Waals surface area contributed by atoms with Gasteiger partial charge >= 0.3 is 0 Å². The third-order valence-electron chi connectivity index (χ3n) is 3.75. The smallest absolute Gasteiger partial charge is 0.239 e. The molecule has 0 fully saturated rings. The lowest BCUT2D eigenvalue weighted by Gasteiger charge is -2.24. The van der Waals surface area contributed by atoms with E-state index in [-0.39, 0.29) is 25.4 Å². The molecule has 3 N–H and O–H groups in total. The first kappa shape index (κ1) is 18.6. The lowest BCUT2D eigenvalue weighted by atomic mass is 9.96. The first-order valence-corrected chi connectivity index (χ1v) is 7.92. The second-order valence-corrected chi connectivity index (χ2v) is 6.00. The minimum atomic E-state index is -1.34. The number of carbonyl (C=O) groups is 2. The van der Waals surface area contributed by atoms with Crippen LogP contribution >= 0.6 is 0 Å². The molecule has 5 nitrogen and oxygen atoms in total. The largest absolute Gasteiger partial charge is 0.384 e. The maximum atomic E-state index is 12.9. The lowest BCUT2D eigenvalue weighted by molar-refractivity contribution is -0.126. The molecule has 1 unspecified atom stereocenters. The fourth-order valence-corrected chi connectivity index (χ4v) is 2.27. The predicted octanol–water partition coefficient (Wildman–Crippen LogP) is 1.51. The van der Waals surface area contributed by atoms with Crippen molar-refractivity contribution in [2.45, 2.75) is 18.9 Å². The fourth-order valence-electron chi connectivity index (χ4n) is 2.27. The van der Waals surface area contributed by atoms with Crippen LogP contribution in [0.3, 0.4) is 0 Å². The SMILES string of the molecule is CC(O)(CNC(=O)CNC(=O)Cc1ccccc1)c1ccc(F)cc1. The topological polar surface area (TPSA) is 78.4 Å². The van der Waals surface area contributed by atoms with Crippen molar-refractivity contribution < 1.29 is 19.1 Å². The molecule has 0 radical (unpaired) electrons. The molecule has 6 heteroatoms. The molecular weight excluding hydrogens is 323 g/mol. The van der Waals surface area contributed by atoms with E-state index in [0.717, 1.165) is 5.56 Å². The number of benzene rings is 2. The summed E-state index contributed by atoms with van der Waals surface area (Å²) in [6.07, 6.45) is 0.196. The normalized spacial score (nSPS) is 12.9. The molecule has 0 saturated carbocycles. The van der Waals surface area contributed by atoms with Crippen molar-refractivity contribution in [2.24, 2.45) is 0 Å². The third-order valence-corrected chi connectivity index (χ3v) is 3.75. The molecule has 1 atom stereocenters. The van der Waals surface area contributed by atoms with E-state index >= 15 is 0 Å². The molecule has 2 aromatic rings. The van der Waals surface area contributed by atoms with Gasteiger partial charge in [0.1, 0.15) is 11.4 Å². The first-order chi connectivity index (χ1) is 11.9. The third kappa shape index (κ3) is 6.00. The van der Waals surface area contributed by atoms with Crippen molar-refractivity contribution in [3.63, 3.8) is 0 Å². The van der Waals surface area contributed by atoms with Gasteiger partial charge in [-0.05, 0) is 30.2 Å². The monoisotopic (exact) mass is 344 g/mol. The van der Waals surface area contributed by atoms with Gasteiger partial charge in [0, 0.05) is 0 Å². The number of halogens is 1. The maximum absolute atomic E-state index is 12.9. The average molecular weight is 344 g/mol. The van der Waals surface area contributed by atoms with E-state index in [9.17, 15) is 19.1 Å². The zero-order valence-corrected chi connectivity index (χ0v) is 14.0. The number of hydrogen-bond acceptors (Lipinski definition) is 3. The highest BCUT2D eigenvalue weighted by atomic mass is 19.1. The molecule has 132 valence electrons. The van der Waals surface area contributed by atoms with Crippen LogP contribution in [0.25, 0.3) is 0 Å². The average Bonchev–Trinajstić information content (AvgIpc) is 2.59. The van der Waals surface area contributed by atoms with E-state index in [2.05, 4.69) is 10.6 Å². The Hall–Kier alpha value is -2.73. The van der Waals surface area contributed by atoms with Crippen LogP contribution in [-0.4, -0.2) is 30.0 Å². The number of amides is 2. The van der Waals surface area contributed by atoms with Gasteiger partial charge in [-0.2, -0.15) is 0 Å². The van der Waals surface area contributed by atoms with Crippen LogP contribution < -0.4 is 10.6 Å². The molecule has 0 aliphatic heterocycles. The lowest BCUT2D eigenvalue weighted by Crippen LogP contribution is -2.43. The van der Waals surface area contributed by atoms with Gasteiger partial charge in [-0.1, -0.05) is 42.5 Å². The van der Waals surface area contributed by atoms with E-state index in [1.165, 1.54) is 31.2 Å². The Balaban J connectivity index is 1.76. The number of rotatable bonds is 7. The number of nitrogens with one attached hydrogen (secondary N) is 2. The molecule has 0 heterocycles. The number of hydrogen-bond donors (Lipinski definition) is 3. The summed E-state index contributed by atoms with van der Waals surface area (Å²) in [6, 6.07) is 14.6. The van der Waals surface area contributed by atoms with Crippen LogP contribution in [0, 0.1) is 5.82 Å². The summed E-state index contributed by atoms with van der Waals surface area (Å²) in [4.78, 5) is 23.6. The molecule has 0 saturated heterocycles. The molecule has 0 aromatic heterocycles. The Labute approximate surface area is 145 Å². The van der Waals surface area contributed by atoms with E-state index in [1.807, 2.05) is 30.3 Å². The van der Waals surface area contributed by atoms with E-state index in [1.54, 1.807) is 0 Å². The van der Waals surface area contributed by atoms with Gasteiger partial charge in [0.25, 0.3) is 0 Å². The van der Waals surface area contributed by atoms with Gasteiger partial charge < -0.3 is 15.7 Å². The highest BCUT2D eigenvalue weighted by molar-refractivity contribution is 5.85. The van der Waals surface area contributed by atoms with E-state index < -0.39 is 17.3 Å². The summed E-state index contributed by atoms with van der Waals surface area (Å²) in [6.45, 7) is 1.30. The summed E-state index contributed by atoms with van der Waals surface area (Å²) in [7, 11) is 0. The van der Waals surface area contributed by atoms with Gasteiger partial charge in [-0.3, -0.25) is 9.59 Å². The summed E-state index contributed by atoms with van der Waals surface area (Å²) in [5, 5.41) is 15.5. The van der Waals surface area contributed by atoms with E-state index in [0.29, 0.717) is 5.56 Å². The predicted molar refractivity (Wildman–Crippen MR) is 92.1 cm³/mol. The van der Waals surface area contributed by atoms with E-state index in [4.69, 9.17) is 0 Å². The van der Waals surface area contributed by atoms with Crippen molar-refractivity contribution >= 4 is 11.8 Å². The molecule has 0 aliphatic carbocycles. The number of carbonyl (C=O) groups excluding carboxylic acids is 2. The second kappa shape index (κ2) is 8.39. The van der Waals surface area contributed by atoms with Gasteiger partial charge in [0.05, 0.1) is 19.5 Å². The van der Waals surface area contributed by atoms with Crippen molar-refractivity contribution in [2.75, 3.05) is 13.1 Å². The summed E-state index contributed by atoms with van der Waals surface area (Å²) >= 11 is 0. The Morgan fingerprint density at radius 1 is 1.00 bits per heavy atom. The molecule has 0 bridgehead atoms. The van der Waals surface area contributed by atoms with Gasteiger partial charge in [-0.15, -0.1) is 0 Å². The molecule has 2 rings (SSSR count). The van der Waals surface area contributed by atoms with Crippen LogP contribution in [0.5, 0.6) is 0 Å². The highest BCUT2D eigenvalue weighted by Crippen LogP contribution is 2.19. The number of aliphatic hydroxyl groups is 1. The minimum absolute atomic E-state index is 0.0496. The first-order valence-electron chi connectivity index (χ1n) is 7.92. The van der Waals surface area contributed by atoms with Gasteiger partial charge in [-0.25, -0.2) is 4.39 Å². The van der Waals surface area contributed by atoms with Crippen molar-refractivity contribution in [1.82, 2.24) is 10.6 Å². The Morgan fingerprint density at radius 3 is 2.28 bits per heavy atom. The van der Waals surface area contributed by atoms with Crippen molar-refractivity contribution in [3.05, 3.63) is 71.5 Å². The van der Waals surface area contributed by atoms with Crippen LogP contribution in [0.2, 0.25) is 0 Å². The Morgan fingerprint density at radius 2 is 1.64 bits per heavy atom. The van der Waals surface area contributed by atoms with Crippen molar-refractivity contribution in [1.29, 1.82) is 0 Å². The molecule has 2 amide bonds. The summed E-state index contributed by atoms with van der Waals surface area (Å²) < 4.78 is 12.9. The zero-order valence-electron chi connectivity index (χ0n) is 14.0. The molecule has 0 spiro atoms. The standard InChI is InChI=1S/C19H21FN2O3/c1-19(25,15-7-9-16(20)10-8-15)13-22-18(24)12-21-17(23)11-14-5-3-2-4-6-14/h2-10,25H,11-13H2,1H3,(H,21,23)(H,22,24). The van der Waals surface area contributed by atoms with Gasteiger partial charge in [0.15, 0.2) is 0 Å². The van der Waals surface area contributed by atoms with Crippen LogP contribution in [-0.2, 0) is 21.6 Å². The van der Waals surface area contributed by atoms with Crippen molar-refractivity contribution in [3.8, 4) is 0 Å². The van der Waals surface area contributed by atoms with Crippen LogP contribution in [0.15, 0.2) is 54.6 Å². The zero-order chi connectivity index (χ0) is 18.3. The minimum Gasteiger partial charge on any atom is -0.384 e. The maximum Gasteiger partial charge on any atom is 0.239 e. The Bertz CT molecular complexity index is 715. The van der Waals surface area contributed by atoms with Crippen LogP contribution in [0.1, 0.15) is 18.1 Å². The molecular formula is C19H21FN2O3. The quantitative estimate of drug-likeness (QED) is 0.712.